The minimum Gasteiger partial charge on any atom is -0.497 e. The molecule has 1 aromatic rings. The van der Waals surface area contributed by atoms with Crippen molar-refractivity contribution >= 4 is 11.8 Å². The minimum absolute atomic E-state index is 0.419. The largest absolute Gasteiger partial charge is 0.497 e. The van der Waals surface area contributed by atoms with Crippen molar-refractivity contribution < 1.29 is 4.74 Å². The van der Waals surface area contributed by atoms with Gasteiger partial charge in [0.2, 0.25) is 0 Å². The van der Waals surface area contributed by atoms with Gasteiger partial charge in [-0.25, -0.2) is 0 Å². The second-order valence-corrected chi connectivity index (χ2v) is 6.97. The van der Waals surface area contributed by atoms with Crippen LogP contribution in [0.1, 0.15) is 58.1 Å². The highest BCUT2D eigenvalue weighted by Crippen LogP contribution is 2.28. The number of benzene rings is 1. The fourth-order valence-electron chi connectivity index (χ4n) is 2.38. The van der Waals surface area contributed by atoms with Crippen molar-refractivity contribution in [2.75, 3.05) is 19.4 Å². The van der Waals surface area contributed by atoms with E-state index in [2.05, 4.69) is 62.1 Å². The molecule has 0 radical (unpaired) electrons. The summed E-state index contributed by atoms with van der Waals surface area (Å²) < 4.78 is 5.26. The molecule has 0 aromatic heterocycles. The van der Waals surface area contributed by atoms with Crippen LogP contribution in [0.3, 0.4) is 0 Å². The molecule has 2 atom stereocenters. The van der Waals surface area contributed by atoms with Crippen molar-refractivity contribution in [1.29, 1.82) is 0 Å². The van der Waals surface area contributed by atoms with Crippen LogP contribution >= 0.6 is 11.8 Å². The van der Waals surface area contributed by atoms with Gasteiger partial charge in [-0.2, -0.15) is 11.8 Å². The van der Waals surface area contributed by atoms with E-state index < -0.39 is 0 Å². The maximum Gasteiger partial charge on any atom is 0.118 e. The van der Waals surface area contributed by atoms with Crippen molar-refractivity contribution in [3.63, 3.8) is 0 Å². The molecule has 120 valence electrons. The van der Waals surface area contributed by atoms with Crippen molar-refractivity contribution in [1.82, 2.24) is 5.32 Å². The molecule has 0 amide bonds. The van der Waals surface area contributed by atoms with Crippen LogP contribution in [0.25, 0.3) is 0 Å². The molecule has 0 fully saturated rings. The number of nitrogens with one attached hydrogen (secondary N) is 1. The molecule has 3 heteroatoms. The van der Waals surface area contributed by atoms with Gasteiger partial charge in [-0.1, -0.05) is 45.7 Å². The Hall–Kier alpha value is -0.670. The van der Waals surface area contributed by atoms with Crippen LogP contribution in [0, 0.1) is 0 Å². The van der Waals surface area contributed by atoms with Gasteiger partial charge in [0.1, 0.15) is 5.75 Å². The Morgan fingerprint density at radius 1 is 1.10 bits per heavy atom. The summed E-state index contributed by atoms with van der Waals surface area (Å²) in [4.78, 5) is 0. The fourth-order valence-corrected chi connectivity index (χ4v) is 3.57. The number of rotatable bonds is 11. The Bertz CT molecular complexity index is 366. The summed E-state index contributed by atoms with van der Waals surface area (Å²) in [6.07, 6.45) is 5.13. The Morgan fingerprint density at radius 2 is 1.81 bits per heavy atom. The Labute approximate surface area is 135 Å². The quantitative estimate of drug-likeness (QED) is 0.578. The van der Waals surface area contributed by atoms with Gasteiger partial charge >= 0.3 is 0 Å². The van der Waals surface area contributed by atoms with Crippen LogP contribution in [-0.2, 0) is 0 Å². The van der Waals surface area contributed by atoms with E-state index in [4.69, 9.17) is 4.74 Å². The third-order valence-electron chi connectivity index (χ3n) is 3.69. The van der Waals surface area contributed by atoms with E-state index in [0.29, 0.717) is 11.3 Å². The third-order valence-corrected chi connectivity index (χ3v) is 5.01. The van der Waals surface area contributed by atoms with Gasteiger partial charge in [0.15, 0.2) is 0 Å². The molecule has 0 bridgehead atoms. The molecule has 2 unspecified atom stereocenters. The maximum absolute atomic E-state index is 5.26. The predicted octanol–water partition coefficient (Wildman–Crippen LogP) is 5.05. The van der Waals surface area contributed by atoms with Gasteiger partial charge in [-0.05, 0) is 42.8 Å². The van der Waals surface area contributed by atoms with Gasteiger partial charge in [-0.15, -0.1) is 0 Å². The number of thioether (sulfide) groups is 1. The molecule has 0 saturated carbocycles. The molecular formula is C18H31NOS. The third kappa shape index (κ3) is 6.75. The van der Waals surface area contributed by atoms with Gasteiger partial charge in [0, 0.05) is 11.3 Å². The zero-order valence-corrected chi connectivity index (χ0v) is 14.8. The average molecular weight is 310 g/mol. The zero-order chi connectivity index (χ0) is 15.5. The van der Waals surface area contributed by atoms with Crippen molar-refractivity contribution in [2.24, 2.45) is 0 Å². The van der Waals surface area contributed by atoms with E-state index in [-0.39, 0.29) is 0 Å². The molecule has 0 saturated heterocycles. The first-order valence-electron chi connectivity index (χ1n) is 8.21. The van der Waals surface area contributed by atoms with Gasteiger partial charge in [0.05, 0.1) is 7.11 Å². The Kier molecular flexibility index (Phi) is 9.60. The molecule has 0 spiro atoms. The van der Waals surface area contributed by atoms with Crippen LogP contribution in [-0.4, -0.2) is 24.7 Å². The highest BCUT2D eigenvalue weighted by atomic mass is 32.2. The standard InChI is InChI=1S/C18H31NOS/c1-5-7-8-14-21-15(3)18(19-13-6-2)16-9-11-17(20-4)12-10-16/h9-12,15,18-19H,5-8,13-14H2,1-4H3. The van der Waals surface area contributed by atoms with Gasteiger partial charge in [0.25, 0.3) is 0 Å². The summed E-state index contributed by atoms with van der Waals surface area (Å²) in [5.41, 5.74) is 1.36. The summed E-state index contributed by atoms with van der Waals surface area (Å²) >= 11 is 2.09. The number of unbranched alkanes of at least 4 members (excludes halogenated alkanes) is 2. The smallest absolute Gasteiger partial charge is 0.118 e. The number of hydrogen-bond donors (Lipinski definition) is 1. The fraction of sp³-hybridized carbons (Fsp3) is 0.667. The predicted molar refractivity (Wildman–Crippen MR) is 95.5 cm³/mol. The average Bonchev–Trinajstić information content (AvgIpc) is 2.52. The first kappa shape index (κ1) is 18.4. The monoisotopic (exact) mass is 309 g/mol. The number of hydrogen-bond acceptors (Lipinski definition) is 3. The molecule has 2 nitrogen and oxygen atoms in total. The number of methoxy groups -OCH3 is 1. The van der Waals surface area contributed by atoms with Gasteiger partial charge < -0.3 is 10.1 Å². The lowest BCUT2D eigenvalue weighted by molar-refractivity contribution is 0.414. The van der Waals surface area contributed by atoms with Crippen LogP contribution in [0.4, 0.5) is 0 Å². The lowest BCUT2D eigenvalue weighted by Crippen LogP contribution is -2.29. The second-order valence-electron chi connectivity index (χ2n) is 5.49. The Balaban J connectivity index is 2.63. The van der Waals surface area contributed by atoms with E-state index >= 15 is 0 Å². The minimum atomic E-state index is 0.419. The van der Waals surface area contributed by atoms with Crippen LogP contribution in [0.2, 0.25) is 0 Å². The normalized spacial score (nSPS) is 13.9. The molecule has 1 N–H and O–H groups in total. The molecule has 0 heterocycles. The zero-order valence-electron chi connectivity index (χ0n) is 14.0. The molecule has 1 rings (SSSR count). The molecular weight excluding hydrogens is 278 g/mol. The van der Waals surface area contributed by atoms with Crippen molar-refractivity contribution in [3.8, 4) is 5.75 Å². The first-order chi connectivity index (χ1) is 10.2. The lowest BCUT2D eigenvalue weighted by atomic mass is 10.0. The molecule has 0 aliphatic rings. The van der Waals surface area contributed by atoms with E-state index in [1.807, 2.05) is 0 Å². The molecule has 0 aliphatic carbocycles. The molecule has 21 heavy (non-hydrogen) atoms. The summed E-state index contributed by atoms with van der Waals surface area (Å²) in [5, 5.41) is 4.29. The highest BCUT2D eigenvalue weighted by Gasteiger charge is 2.18. The van der Waals surface area contributed by atoms with E-state index in [1.54, 1.807) is 7.11 Å². The maximum atomic E-state index is 5.26. The SMILES string of the molecule is CCCCCSC(C)C(NCCC)c1ccc(OC)cc1. The summed E-state index contributed by atoms with van der Waals surface area (Å²) in [5.74, 6) is 2.19. The van der Waals surface area contributed by atoms with Crippen molar-refractivity contribution in [3.05, 3.63) is 29.8 Å². The topological polar surface area (TPSA) is 21.3 Å². The Morgan fingerprint density at radius 3 is 2.38 bits per heavy atom. The first-order valence-corrected chi connectivity index (χ1v) is 9.26. The summed E-state index contributed by atoms with van der Waals surface area (Å²) in [6, 6.07) is 8.92. The molecule has 1 aromatic carbocycles. The van der Waals surface area contributed by atoms with Crippen LogP contribution in [0.5, 0.6) is 5.75 Å². The second kappa shape index (κ2) is 11.0. The van der Waals surface area contributed by atoms with E-state index in [1.165, 1.54) is 37.0 Å². The van der Waals surface area contributed by atoms with Crippen molar-refractivity contribution in [2.45, 2.75) is 57.7 Å². The lowest BCUT2D eigenvalue weighted by Gasteiger charge is -2.25. The number of ether oxygens (including phenoxy) is 1. The van der Waals surface area contributed by atoms with Crippen LogP contribution in [0.15, 0.2) is 24.3 Å². The molecule has 0 aliphatic heterocycles. The van der Waals surface area contributed by atoms with E-state index in [9.17, 15) is 0 Å². The summed E-state index contributed by atoms with van der Waals surface area (Å²) in [6.45, 7) is 7.89. The van der Waals surface area contributed by atoms with Crippen LogP contribution < -0.4 is 10.1 Å². The van der Waals surface area contributed by atoms with Gasteiger partial charge in [-0.3, -0.25) is 0 Å². The highest BCUT2D eigenvalue weighted by molar-refractivity contribution is 7.99. The summed E-state index contributed by atoms with van der Waals surface area (Å²) in [7, 11) is 1.72. The van der Waals surface area contributed by atoms with E-state index in [0.717, 1.165) is 12.3 Å².